The van der Waals surface area contributed by atoms with Gasteiger partial charge in [0.05, 0.1) is 25.4 Å². The average Bonchev–Trinajstić information content (AvgIpc) is 3.43. The quantitative estimate of drug-likeness (QED) is 0.0195. The van der Waals surface area contributed by atoms with Crippen LogP contribution in [-0.2, 0) is 23.8 Å². The summed E-state index contributed by atoms with van der Waals surface area (Å²) in [5.74, 6) is -1.33. The van der Waals surface area contributed by atoms with Crippen LogP contribution in [-0.4, -0.2) is 99.6 Å². The highest BCUT2D eigenvalue weighted by Gasteiger charge is 2.47. The first-order valence-electron chi connectivity index (χ1n) is 30.0. The van der Waals surface area contributed by atoms with Crippen LogP contribution in [0.1, 0.15) is 207 Å². The van der Waals surface area contributed by atoms with Crippen LogP contribution < -0.4 is 5.32 Å². The molecule has 11 heteroatoms. The van der Waals surface area contributed by atoms with Gasteiger partial charge in [-0.05, 0) is 109 Å². The maximum Gasteiger partial charge on any atom is 0.306 e. The van der Waals surface area contributed by atoms with Crippen LogP contribution in [0.4, 0.5) is 0 Å². The minimum atomic E-state index is -1.66. The zero-order valence-corrected chi connectivity index (χ0v) is 48.0. The molecule has 0 aromatic carbocycles. The van der Waals surface area contributed by atoms with Crippen molar-refractivity contribution in [3.63, 3.8) is 0 Å². The molecule has 0 aromatic heterocycles. The van der Waals surface area contributed by atoms with Crippen LogP contribution in [0.3, 0.4) is 0 Å². The molecule has 1 aliphatic rings. The van der Waals surface area contributed by atoms with E-state index in [9.17, 15) is 35.1 Å². The molecule has 1 saturated heterocycles. The summed E-state index contributed by atoms with van der Waals surface area (Å²) in [7, 11) is 0. The van der Waals surface area contributed by atoms with Crippen molar-refractivity contribution in [2.45, 2.75) is 256 Å². The number of carbonyl (C=O) groups excluding carboxylic acids is 2. The molecular formula is C66H107NO10. The number of carbonyl (C=O) groups is 2. The molecular weight excluding hydrogens is 967 g/mol. The second kappa shape index (κ2) is 52.5. The van der Waals surface area contributed by atoms with E-state index in [-0.39, 0.29) is 19.4 Å². The Morgan fingerprint density at radius 2 is 0.935 bits per heavy atom. The Hall–Kier alpha value is -4.20. The summed E-state index contributed by atoms with van der Waals surface area (Å²) in [4.78, 5) is 26.5. The number of esters is 1. The summed E-state index contributed by atoms with van der Waals surface area (Å²) in [5, 5.41) is 56.8. The standard InChI is InChI=1S/C66H107NO10/c1-4-7-10-13-16-19-22-24-26-28-30-32-34-36-39-42-45-48-51-54-61(71)77-64-63(73)62(72)60(55-68)76-66(64)75-56-57(58(69)52-49-46-43-40-37-21-18-15-12-9-6-3)67-65(74)59(70)53-50-47-44-41-38-35-33-31-29-27-25-23-20-17-14-11-8-5-2/h7,10,16-17,19-20,24-27,30-33,36,38-39,41,45,48-49,52,57-60,62-64,66,68-70,72-73H,4-6,8-9,11-15,18,21-23,28-29,34-35,37,40,42-44,46-47,50-51,53-56H2,1-3H3,(H,67,74)/b10-7-,19-16-,20-17-,26-24-,27-25-,32-30-,33-31-,39-36-,41-38-,48-45-,52-49+. The van der Waals surface area contributed by atoms with Crippen molar-refractivity contribution in [2.24, 2.45) is 0 Å². The predicted octanol–water partition coefficient (Wildman–Crippen LogP) is 14.1. The van der Waals surface area contributed by atoms with E-state index in [4.69, 9.17) is 14.2 Å². The Morgan fingerprint density at radius 3 is 1.43 bits per heavy atom. The minimum absolute atomic E-state index is 0.0137. The minimum Gasteiger partial charge on any atom is -0.454 e. The molecule has 1 aliphatic heterocycles. The van der Waals surface area contributed by atoms with Gasteiger partial charge in [0.25, 0.3) is 0 Å². The number of hydrogen-bond donors (Lipinski definition) is 6. The summed E-state index contributed by atoms with van der Waals surface area (Å²) >= 11 is 0. The van der Waals surface area contributed by atoms with Gasteiger partial charge in [-0.2, -0.15) is 0 Å². The molecule has 0 spiro atoms. The number of hydrogen-bond acceptors (Lipinski definition) is 10. The Morgan fingerprint density at radius 1 is 0.519 bits per heavy atom. The lowest BCUT2D eigenvalue weighted by molar-refractivity contribution is -0.305. The van der Waals surface area contributed by atoms with E-state index in [1.807, 2.05) is 18.2 Å². The van der Waals surface area contributed by atoms with Gasteiger partial charge in [0.2, 0.25) is 5.91 Å². The second-order valence-corrected chi connectivity index (χ2v) is 20.0. The topological polar surface area (TPSA) is 175 Å². The molecule has 11 nitrogen and oxygen atoms in total. The normalized spacial score (nSPS) is 20.0. The number of nitrogens with one attached hydrogen (secondary N) is 1. The van der Waals surface area contributed by atoms with Crippen LogP contribution in [0.2, 0.25) is 0 Å². The molecule has 0 radical (unpaired) electrons. The van der Waals surface area contributed by atoms with E-state index >= 15 is 0 Å². The lowest BCUT2D eigenvalue weighted by atomic mass is 9.99. The van der Waals surface area contributed by atoms with Crippen molar-refractivity contribution in [2.75, 3.05) is 13.2 Å². The molecule has 1 heterocycles. The molecule has 1 rings (SSSR count). The van der Waals surface area contributed by atoms with Crippen molar-refractivity contribution in [1.29, 1.82) is 0 Å². The second-order valence-electron chi connectivity index (χ2n) is 20.0. The smallest absolute Gasteiger partial charge is 0.306 e. The van der Waals surface area contributed by atoms with Crippen molar-refractivity contribution in [1.82, 2.24) is 5.32 Å². The number of amides is 1. The molecule has 1 fully saturated rings. The van der Waals surface area contributed by atoms with Crippen molar-refractivity contribution in [3.05, 3.63) is 134 Å². The van der Waals surface area contributed by atoms with Crippen LogP contribution in [0.15, 0.2) is 134 Å². The molecule has 8 atom stereocenters. The molecule has 0 aromatic rings. The summed E-state index contributed by atoms with van der Waals surface area (Å²) in [6.45, 7) is 5.55. The van der Waals surface area contributed by atoms with E-state index in [1.165, 1.54) is 57.8 Å². The zero-order valence-electron chi connectivity index (χ0n) is 48.0. The molecule has 6 N–H and O–H groups in total. The SMILES string of the molecule is CC/C=C\C/C=C\C/C=C\C/C=C\C/C=C\C/C=C\CCC(=O)OC1C(OCC(NC(=O)C(O)CCCC/C=C\C/C=C\C/C=C\C/C=C\CCCCC)C(O)/C=C/CCCCCCCCCCC)OC(CO)C(O)C1O. The van der Waals surface area contributed by atoms with E-state index in [0.717, 1.165) is 96.3 Å². The fourth-order valence-corrected chi connectivity index (χ4v) is 8.30. The van der Waals surface area contributed by atoms with Crippen molar-refractivity contribution < 1.29 is 49.3 Å². The maximum atomic E-state index is 13.4. The Balaban J connectivity index is 2.77. The average molecular weight is 1070 g/mol. The summed E-state index contributed by atoms with van der Waals surface area (Å²) in [5.41, 5.74) is 0. The highest BCUT2D eigenvalue weighted by molar-refractivity contribution is 5.80. The summed E-state index contributed by atoms with van der Waals surface area (Å²) < 4.78 is 17.5. The first kappa shape index (κ1) is 70.8. The van der Waals surface area contributed by atoms with Gasteiger partial charge < -0.3 is 45.1 Å². The predicted molar refractivity (Wildman–Crippen MR) is 319 cm³/mol. The van der Waals surface area contributed by atoms with Crippen molar-refractivity contribution >= 4 is 11.9 Å². The summed E-state index contributed by atoms with van der Waals surface area (Å²) in [6, 6.07) is -1.07. The molecule has 0 saturated carbocycles. The number of aliphatic hydroxyl groups is 5. The maximum absolute atomic E-state index is 13.4. The Bertz CT molecular complexity index is 1760. The fraction of sp³-hybridized carbons (Fsp3) is 0.636. The number of unbranched alkanes of at least 4 members (excludes halogenated alkanes) is 14. The first-order chi connectivity index (χ1) is 37.7. The van der Waals surface area contributed by atoms with E-state index in [1.54, 1.807) is 6.08 Å². The monoisotopic (exact) mass is 1070 g/mol. The van der Waals surface area contributed by atoms with E-state index in [2.05, 4.69) is 135 Å². The van der Waals surface area contributed by atoms with Gasteiger partial charge in [-0.25, -0.2) is 0 Å². The molecule has 436 valence electrons. The first-order valence-corrected chi connectivity index (χ1v) is 30.0. The molecule has 0 bridgehead atoms. The van der Waals surface area contributed by atoms with Crippen LogP contribution in [0.25, 0.3) is 0 Å². The molecule has 8 unspecified atom stereocenters. The van der Waals surface area contributed by atoms with E-state index in [0.29, 0.717) is 19.3 Å². The lowest BCUT2D eigenvalue weighted by Crippen LogP contribution is -2.61. The van der Waals surface area contributed by atoms with Crippen LogP contribution >= 0.6 is 0 Å². The third-order valence-corrected chi connectivity index (χ3v) is 13.0. The lowest BCUT2D eigenvalue weighted by Gasteiger charge is -2.41. The third-order valence-electron chi connectivity index (χ3n) is 13.0. The highest BCUT2D eigenvalue weighted by atomic mass is 16.7. The van der Waals surface area contributed by atoms with Crippen molar-refractivity contribution in [3.8, 4) is 0 Å². The van der Waals surface area contributed by atoms with Gasteiger partial charge >= 0.3 is 5.97 Å². The van der Waals surface area contributed by atoms with Gasteiger partial charge in [0, 0.05) is 6.42 Å². The highest BCUT2D eigenvalue weighted by Crippen LogP contribution is 2.26. The van der Waals surface area contributed by atoms with Crippen LogP contribution in [0, 0.1) is 0 Å². The summed E-state index contributed by atoms with van der Waals surface area (Å²) in [6.07, 6.45) is 63.6. The zero-order chi connectivity index (χ0) is 56.1. The molecule has 0 aliphatic carbocycles. The van der Waals surface area contributed by atoms with Gasteiger partial charge in [-0.15, -0.1) is 0 Å². The molecule has 1 amide bonds. The largest absolute Gasteiger partial charge is 0.454 e. The Kier molecular flexibility index (Phi) is 48.3. The van der Waals surface area contributed by atoms with Gasteiger partial charge in [-0.3, -0.25) is 9.59 Å². The van der Waals surface area contributed by atoms with Gasteiger partial charge in [0.15, 0.2) is 12.4 Å². The number of rotatable bonds is 48. The molecule has 77 heavy (non-hydrogen) atoms. The number of allylic oxidation sites excluding steroid dienone is 21. The van der Waals surface area contributed by atoms with E-state index < -0.39 is 67.4 Å². The van der Waals surface area contributed by atoms with Crippen LogP contribution in [0.5, 0.6) is 0 Å². The number of ether oxygens (including phenoxy) is 3. The van der Waals surface area contributed by atoms with Gasteiger partial charge in [-0.1, -0.05) is 225 Å². The Labute approximate surface area is 467 Å². The van der Waals surface area contributed by atoms with Gasteiger partial charge in [0.1, 0.15) is 24.4 Å². The fourth-order valence-electron chi connectivity index (χ4n) is 8.30. The third kappa shape index (κ3) is 40.6. The number of aliphatic hydroxyl groups excluding tert-OH is 5.